The van der Waals surface area contributed by atoms with Gasteiger partial charge in [0, 0.05) is 17.8 Å². The molecule has 0 atom stereocenters. The molecule has 2 aromatic carbocycles. The summed E-state index contributed by atoms with van der Waals surface area (Å²) in [6, 6.07) is 11.0. The number of carbonyl (C=O) groups excluding carboxylic acids is 1. The highest BCUT2D eigenvalue weighted by Crippen LogP contribution is 2.32. The van der Waals surface area contributed by atoms with Crippen LogP contribution in [0.25, 0.3) is 6.08 Å². The zero-order chi connectivity index (χ0) is 21.2. The molecule has 160 valence electrons. The van der Waals surface area contributed by atoms with E-state index in [0.29, 0.717) is 48.5 Å². The fraction of sp³-hybridized carbons (Fsp3) is 0.375. The Bertz CT molecular complexity index is 878. The topological polar surface area (TPSA) is 66.0 Å². The maximum absolute atomic E-state index is 12.3. The first-order valence-corrected chi connectivity index (χ1v) is 10.4. The van der Waals surface area contributed by atoms with Gasteiger partial charge in [0.15, 0.2) is 23.0 Å². The van der Waals surface area contributed by atoms with E-state index in [1.165, 1.54) is 18.9 Å². The molecule has 30 heavy (non-hydrogen) atoms. The predicted octanol–water partition coefficient (Wildman–Crippen LogP) is 5.08. The summed E-state index contributed by atoms with van der Waals surface area (Å²) >= 11 is 0. The van der Waals surface area contributed by atoms with Gasteiger partial charge in [-0.25, -0.2) is 0 Å². The molecule has 0 unspecified atom stereocenters. The van der Waals surface area contributed by atoms with Crippen LogP contribution in [0.5, 0.6) is 23.0 Å². The second-order valence-electron chi connectivity index (χ2n) is 7.00. The van der Waals surface area contributed by atoms with Crippen molar-refractivity contribution in [1.82, 2.24) is 0 Å². The maximum Gasteiger partial charge on any atom is 0.248 e. The third-order valence-electron chi connectivity index (χ3n) is 4.68. The van der Waals surface area contributed by atoms with Crippen LogP contribution >= 0.6 is 0 Å². The minimum atomic E-state index is -0.234. The normalized spacial score (nSPS) is 12.6. The van der Waals surface area contributed by atoms with Gasteiger partial charge in [0.05, 0.1) is 13.7 Å². The Morgan fingerprint density at radius 2 is 1.87 bits per heavy atom. The van der Waals surface area contributed by atoms with Crippen LogP contribution in [0.2, 0.25) is 0 Å². The highest BCUT2D eigenvalue weighted by atomic mass is 16.6. The summed E-state index contributed by atoms with van der Waals surface area (Å²) in [7, 11) is 1.61. The highest BCUT2D eigenvalue weighted by molar-refractivity contribution is 6.02. The highest BCUT2D eigenvalue weighted by Gasteiger charge is 2.12. The molecule has 3 rings (SSSR count). The van der Waals surface area contributed by atoms with Crippen LogP contribution in [-0.2, 0) is 4.79 Å². The second-order valence-corrected chi connectivity index (χ2v) is 7.00. The Labute approximate surface area is 177 Å². The molecule has 1 heterocycles. The van der Waals surface area contributed by atoms with Gasteiger partial charge in [-0.2, -0.15) is 0 Å². The molecule has 1 aliphatic heterocycles. The van der Waals surface area contributed by atoms with Gasteiger partial charge in [-0.15, -0.1) is 0 Å². The van der Waals surface area contributed by atoms with Gasteiger partial charge in [-0.05, 0) is 42.3 Å². The Balaban J connectivity index is 1.56. The van der Waals surface area contributed by atoms with Crippen LogP contribution in [0.15, 0.2) is 42.5 Å². The van der Waals surface area contributed by atoms with Crippen LogP contribution in [0.3, 0.4) is 0 Å². The fourth-order valence-corrected chi connectivity index (χ4v) is 3.10. The van der Waals surface area contributed by atoms with E-state index < -0.39 is 0 Å². The van der Waals surface area contributed by atoms with Crippen LogP contribution < -0.4 is 24.3 Å². The van der Waals surface area contributed by atoms with Gasteiger partial charge in [-0.1, -0.05) is 32.3 Å². The lowest BCUT2D eigenvalue weighted by atomic mass is 10.2. The smallest absolute Gasteiger partial charge is 0.248 e. The number of hydrogen-bond donors (Lipinski definition) is 1. The van der Waals surface area contributed by atoms with E-state index in [0.717, 1.165) is 18.4 Å². The molecule has 6 nitrogen and oxygen atoms in total. The van der Waals surface area contributed by atoms with E-state index in [1.807, 2.05) is 18.2 Å². The van der Waals surface area contributed by atoms with Crippen LogP contribution in [0, 0.1) is 0 Å². The number of benzene rings is 2. The molecule has 0 aromatic heterocycles. The van der Waals surface area contributed by atoms with E-state index in [-0.39, 0.29) is 5.91 Å². The number of methoxy groups -OCH3 is 1. The van der Waals surface area contributed by atoms with Gasteiger partial charge >= 0.3 is 0 Å². The first kappa shape index (κ1) is 21.6. The number of nitrogens with one attached hydrogen (secondary N) is 1. The van der Waals surface area contributed by atoms with E-state index >= 15 is 0 Å². The Morgan fingerprint density at radius 3 is 2.67 bits per heavy atom. The molecule has 0 spiro atoms. The fourth-order valence-electron chi connectivity index (χ4n) is 3.10. The van der Waals surface area contributed by atoms with Gasteiger partial charge in [0.2, 0.25) is 5.91 Å². The summed E-state index contributed by atoms with van der Waals surface area (Å²) in [6.45, 7) is 3.90. The maximum atomic E-state index is 12.3. The zero-order valence-electron chi connectivity index (χ0n) is 17.6. The Kier molecular flexibility index (Phi) is 8.01. The molecule has 2 aromatic rings. The molecule has 0 fully saturated rings. The van der Waals surface area contributed by atoms with Crippen molar-refractivity contribution < 1.29 is 23.7 Å². The van der Waals surface area contributed by atoms with E-state index in [1.54, 1.807) is 31.4 Å². The molecule has 0 saturated carbocycles. The SMILES string of the molecule is CCCCCCOc1ccc(/C=C/C(=O)Nc2ccc3c(c2)OCCO3)cc1OC. The Hall–Kier alpha value is -3.15. The number of carbonyl (C=O) groups is 1. The molecule has 6 heteroatoms. The summed E-state index contributed by atoms with van der Waals surface area (Å²) in [4.78, 5) is 12.3. The number of fused-ring (bicyclic) bond motifs is 1. The van der Waals surface area contributed by atoms with Crippen molar-refractivity contribution in [2.45, 2.75) is 32.6 Å². The van der Waals surface area contributed by atoms with Crippen molar-refractivity contribution in [2.24, 2.45) is 0 Å². The van der Waals surface area contributed by atoms with Gasteiger partial charge in [0.1, 0.15) is 13.2 Å². The lowest BCUT2D eigenvalue weighted by molar-refractivity contribution is -0.111. The molecule has 0 bridgehead atoms. The molecule has 0 aliphatic carbocycles. The summed E-state index contributed by atoms with van der Waals surface area (Å²) < 4.78 is 22.3. The number of ether oxygens (including phenoxy) is 4. The van der Waals surface area contributed by atoms with Crippen molar-refractivity contribution in [1.29, 1.82) is 0 Å². The van der Waals surface area contributed by atoms with Gasteiger partial charge < -0.3 is 24.3 Å². The third kappa shape index (κ3) is 6.17. The van der Waals surface area contributed by atoms with E-state index in [9.17, 15) is 4.79 Å². The average molecular weight is 411 g/mol. The van der Waals surface area contributed by atoms with Crippen molar-refractivity contribution >= 4 is 17.7 Å². The van der Waals surface area contributed by atoms with Crippen molar-refractivity contribution in [3.05, 3.63) is 48.0 Å². The molecular formula is C24H29NO5. The van der Waals surface area contributed by atoms with Crippen LogP contribution in [0.1, 0.15) is 38.2 Å². The lowest BCUT2D eigenvalue weighted by Crippen LogP contribution is -2.16. The quantitative estimate of drug-likeness (QED) is 0.436. The molecule has 1 N–H and O–H groups in total. The summed E-state index contributed by atoms with van der Waals surface area (Å²) in [5, 5.41) is 2.83. The number of anilines is 1. The molecule has 0 saturated heterocycles. The molecular weight excluding hydrogens is 382 g/mol. The molecule has 0 radical (unpaired) electrons. The summed E-state index contributed by atoms with van der Waals surface area (Å²) in [5.41, 5.74) is 1.50. The molecule has 1 aliphatic rings. The molecule has 1 amide bonds. The lowest BCUT2D eigenvalue weighted by Gasteiger charge is -2.18. The largest absolute Gasteiger partial charge is 0.493 e. The van der Waals surface area contributed by atoms with Crippen LogP contribution in [-0.4, -0.2) is 32.8 Å². The minimum absolute atomic E-state index is 0.234. The second kappa shape index (κ2) is 11.1. The third-order valence-corrected chi connectivity index (χ3v) is 4.68. The standard InChI is InChI=1S/C24H29NO5/c1-3-4-5-6-13-28-20-10-7-18(16-22(20)27-2)8-12-24(26)25-19-9-11-21-23(17-19)30-15-14-29-21/h7-12,16-17H,3-6,13-15H2,1-2H3,(H,25,26)/b12-8+. The number of amides is 1. The van der Waals surface area contributed by atoms with Crippen molar-refractivity contribution in [3.63, 3.8) is 0 Å². The van der Waals surface area contributed by atoms with Crippen molar-refractivity contribution in [2.75, 3.05) is 32.2 Å². The number of unbranched alkanes of at least 4 members (excludes halogenated alkanes) is 3. The first-order chi connectivity index (χ1) is 14.7. The predicted molar refractivity (Wildman–Crippen MR) is 118 cm³/mol. The minimum Gasteiger partial charge on any atom is -0.493 e. The monoisotopic (exact) mass is 411 g/mol. The summed E-state index contributed by atoms with van der Waals surface area (Å²) in [6.07, 6.45) is 7.83. The van der Waals surface area contributed by atoms with Gasteiger partial charge in [0.25, 0.3) is 0 Å². The van der Waals surface area contributed by atoms with E-state index in [4.69, 9.17) is 18.9 Å². The van der Waals surface area contributed by atoms with E-state index in [2.05, 4.69) is 12.2 Å². The van der Waals surface area contributed by atoms with Crippen LogP contribution in [0.4, 0.5) is 5.69 Å². The van der Waals surface area contributed by atoms with Gasteiger partial charge in [-0.3, -0.25) is 4.79 Å². The summed E-state index contributed by atoms with van der Waals surface area (Å²) in [5.74, 6) is 2.46. The number of hydrogen-bond acceptors (Lipinski definition) is 5. The average Bonchev–Trinajstić information content (AvgIpc) is 2.78. The first-order valence-electron chi connectivity index (χ1n) is 10.4. The zero-order valence-corrected chi connectivity index (χ0v) is 17.6. The Morgan fingerprint density at radius 1 is 1.03 bits per heavy atom. The number of rotatable bonds is 10. The van der Waals surface area contributed by atoms with Crippen molar-refractivity contribution in [3.8, 4) is 23.0 Å².